The Hall–Kier alpha value is -6.36. The molecule has 0 saturated carbocycles. The minimum absolute atomic E-state index is 0.133. The summed E-state index contributed by atoms with van der Waals surface area (Å²) in [5.41, 5.74) is 3.50. The van der Waals surface area contributed by atoms with Crippen LogP contribution in [0.2, 0.25) is 0 Å². The first-order valence-corrected chi connectivity index (χ1v) is 21.8. The van der Waals surface area contributed by atoms with E-state index in [4.69, 9.17) is 9.47 Å². The second-order valence-corrected chi connectivity index (χ2v) is 15.2. The molecule has 0 aliphatic rings. The first-order valence-electron chi connectivity index (χ1n) is 21.8. The van der Waals surface area contributed by atoms with E-state index in [9.17, 15) is 19.7 Å². The standard InChI is InChI=1S/C50H57N5O6/c1-3-5-7-9-11-13-15-18-38-22-26-40(27-23-38)51-53-42-30-34-44(35-31-42)60-49(56)46-20-17-21-47(48(46)55(58)59)50(57)61-45-36-32-43(33-37-45)54-52-41-28-24-39(25-29-41)19-16-14-12-10-8-6-4-2/h17,20-37H,3-16,18-19H2,1-2H3. The molecule has 0 aliphatic carbocycles. The van der Waals surface area contributed by atoms with Gasteiger partial charge in [-0.3, -0.25) is 10.1 Å². The van der Waals surface area contributed by atoms with Gasteiger partial charge in [-0.05, 0) is 122 Å². The first kappa shape index (κ1) is 45.7. The molecule has 0 radical (unpaired) electrons. The van der Waals surface area contributed by atoms with Gasteiger partial charge < -0.3 is 9.47 Å². The summed E-state index contributed by atoms with van der Waals surface area (Å²) in [7, 11) is 0. The molecule has 0 unspecified atom stereocenters. The highest BCUT2D eigenvalue weighted by Gasteiger charge is 2.30. The van der Waals surface area contributed by atoms with E-state index in [0.717, 1.165) is 12.8 Å². The molecular weight excluding hydrogens is 767 g/mol. The summed E-state index contributed by atoms with van der Waals surface area (Å²) in [6.45, 7) is 4.47. The second-order valence-electron chi connectivity index (χ2n) is 15.2. The van der Waals surface area contributed by atoms with Crippen molar-refractivity contribution in [2.45, 2.75) is 117 Å². The second kappa shape index (κ2) is 25.3. The molecule has 0 aromatic heterocycles. The zero-order chi connectivity index (χ0) is 43.1. The Kier molecular flexibility index (Phi) is 19.0. The summed E-state index contributed by atoms with van der Waals surface area (Å²) in [5, 5.41) is 29.4. The fraction of sp³-hybridized carbons (Fsp3) is 0.360. The largest absolute Gasteiger partial charge is 0.423 e. The van der Waals surface area contributed by atoms with Crippen molar-refractivity contribution in [1.29, 1.82) is 0 Å². The number of para-hydroxylation sites is 1. The van der Waals surface area contributed by atoms with Crippen molar-refractivity contribution in [2.75, 3.05) is 0 Å². The Morgan fingerprint density at radius 3 is 1.10 bits per heavy atom. The van der Waals surface area contributed by atoms with Crippen molar-refractivity contribution in [1.82, 2.24) is 0 Å². The molecule has 0 bridgehead atoms. The van der Waals surface area contributed by atoms with Gasteiger partial charge in [-0.25, -0.2) is 9.59 Å². The highest BCUT2D eigenvalue weighted by molar-refractivity contribution is 6.03. The van der Waals surface area contributed by atoms with E-state index in [0.29, 0.717) is 22.7 Å². The predicted molar refractivity (Wildman–Crippen MR) is 241 cm³/mol. The number of benzene rings is 5. The molecule has 0 amide bonds. The SMILES string of the molecule is CCCCCCCCCc1ccc(N=Nc2ccc(OC(=O)c3cccc(C(=O)Oc4ccc(N=Nc5ccc(CCCCCCCCC)cc5)cc4)c3[N+](=O)[O-])cc2)cc1. The first-order chi connectivity index (χ1) is 29.8. The number of esters is 2. The monoisotopic (exact) mass is 823 g/mol. The van der Waals surface area contributed by atoms with Crippen molar-refractivity contribution in [3.63, 3.8) is 0 Å². The molecule has 61 heavy (non-hydrogen) atoms. The van der Waals surface area contributed by atoms with Gasteiger partial charge in [0.1, 0.15) is 22.6 Å². The van der Waals surface area contributed by atoms with E-state index in [1.807, 2.05) is 24.3 Å². The molecule has 0 saturated heterocycles. The van der Waals surface area contributed by atoms with Gasteiger partial charge >= 0.3 is 11.9 Å². The fourth-order valence-corrected chi connectivity index (χ4v) is 6.82. The van der Waals surface area contributed by atoms with E-state index in [2.05, 4.69) is 58.6 Å². The number of hydrogen-bond acceptors (Lipinski definition) is 10. The summed E-state index contributed by atoms with van der Waals surface area (Å²) < 4.78 is 10.9. The highest BCUT2D eigenvalue weighted by atomic mass is 16.6. The Balaban J connectivity index is 1.10. The minimum Gasteiger partial charge on any atom is -0.423 e. The molecule has 0 fully saturated rings. The quantitative estimate of drug-likeness (QED) is 0.0143. The van der Waals surface area contributed by atoms with Crippen molar-refractivity contribution < 1.29 is 24.0 Å². The Bertz CT molecular complexity index is 2040. The Labute approximate surface area is 359 Å². The molecule has 11 nitrogen and oxygen atoms in total. The van der Waals surface area contributed by atoms with Crippen LogP contribution in [0.5, 0.6) is 11.5 Å². The minimum atomic E-state index is -1.01. The maximum atomic E-state index is 13.2. The third kappa shape index (κ3) is 15.6. The molecule has 11 heteroatoms. The van der Waals surface area contributed by atoms with Gasteiger partial charge in [0.2, 0.25) is 0 Å². The van der Waals surface area contributed by atoms with Crippen molar-refractivity contribution in [3.8, 4) is 11.5 Å². The Morgan fingerprint density at radius 1 is 0.459 bits per heavy atom. The maximum Gasteiger partial charge on any atom is 0.350 e. The number of nitrogens with zero attached hydrogens (tertiary/aromatic N) is 5. The summed E-state index contributed by atoms with van der Waals surface area (Å²) in [4.78, 5) is 37.8. The van der Waals surface area contributed by atoms with Crippen molar-refractivity contribution >= 4 is 40.4 Å². The number of nitro groups is 1. The van der Waals surface area contributed by atoms with Crippen LogP contribution in [0.1, 0.15) is 136 Å². The van der Waals surface area contributed by atoms with Gasteiger partial charge in [0, 0.05) is 0 Å². The van der Waals surface area contributed by atoms with E-state index in [-0.39, 0.29) is 11.5 Å². The van der Waals surface area contributed by atoms with Crippen LogP contribution in [-0.4, -0.2) is 16.9 Å². The third-order valence-electron chi connectivity index (χ3n) is 10.3. The molecule has 5 aromatic carbocycles. The zero-order valence-corrected chi connectivity index (χ0v) is 35.5. The normalized spacial score (nSPS) is 11.3. The number of aryl methyl sites for hydroxylation is 2. The average molecular weight is 824 g/mol. The molecule has 5 rings (SSSR count). The van der Waals surface area contributed by atoms with Crippen LogP contribution >= 0.6 is 0 Å². The lowest BCUT2D eigenvalue weighted by atomic mass is 10.0. The smallest absolute Gasteiger partial charge is 0.350 e. The van der Waals surface area contributed by atoms with Gasteiger partial charge in [0.15, 0.2) is 0 Å². The van der Waals surface area contributed by atoms with Crippen LogP contribution in [0.25, 0.3) is 0 Å². The van der Waals surface area contributed by atoms with Crippen LogP contribution in [0.15, 0.2) is 136 Å². The lowest BCUT2D eigenvalue weighted by Crippen LogP contribution is -2.16. The number of hydrogen-bond donors (Lipinski definition) is 0. The third-order valence-corrected chi connectivity index (χ3v) is 10.3. The van der Waals surface area contributed by atoms with Crippen LogP contribution in [0.4, 0.5) is 28.4 Å². The molecule has 0 spiro atoms. The van der Waals surface area contributed by atoms with Gasteiger partial charge in [0.25, 0.3) is 5.69 Å². The van der Waals surface area contributed by atoms with Crippen LogP contribution < -0.4 is 9.47 Å². The molecule has 0 aliphatic heterocycles. The Morgan fingerprint density at radius 2 is 0.770 bits per heavy atom. The van der Waals surface area contributed by atoms with E-state index in [1.165, 1.54) is 143 Å². The number of nitro benzene ring substituents is 1. The summed E-state index contributed by atoms with van der Waals surface area (Å²) in [5.74, 6) is -1.75. The molecule has 318 valence electrons. The van der Waals surface area contributed by atoms with E-state index < -0.39 is 33.7 Å². The maximum absolute atomic E-state index is 13.2. The average Bonchev–Trinajstić information content (AvgIpc) is 3.28. The van der Waals surface area contributed by atoms with Gasteiger partial charge in [0.05, 0.1) is 27.7 Å². The van der Waals surface area contributed by atoms with Crippen molar-refractivity contribution in [3.05, 3.63) is 148 Å². The number of ether oxygens (including phenoxy) is 2. The molecule has 5 aromatic rings. The number of azo groups is 2. The topological polar surface area (TPSA) is 145 Å². The van der Waals surface area contributed by atoms with Gasteiger partial charge in [-0.15, -0.1) is 0 Å². The highest BCUT2D eigenvalue weighted by Crippen LogP contribution is 2.29. The zero-order valence-electron chi connectivity index (χ0n) is 35.5. The lowest BCUT2D eigenvalue weighted by Gasteiger charge is -2.09. The fourth-order valence-electron chi connectivity index (χ4n) is 6.82. The van der Waals surface area contributed by atoms with Crippen LogP contribution in [0, 0.1) is 10.1 Å². The summed E-state index contributed by atoms with van der Waals surface area (Å²) in [6, 6.07) is 32.4. The van der Waals surface area contributed by atoms with Gasteiger partial charge in [-0.1, -0.05) is 121 Å². The van der Waals surface area contributed by atoms with Crippen molar-refractivity contribution in [2.24, 2.45) is 20.5 Å². The predicted octanol–water partition coefficient (Wildman–Crippen LogP) is 15.5. The number of unbranched alkanes of at least 4 members (excludes halogenated alkanes) is 12. The van der Waals surface area contributed by atoms with Gasteiger partial charge in [-0.2, -0.15) is 20.5 Å². The molecular formula is C50H57N5O6. The summed E-state index contributed by atoms with van der Waals surface area (Å²) in [6.07, 6.45) is 20.0. The van der Waals surface area contributed by atoms with E-state index >= 15 is 0 Å². The van der Waals surface area contributed by atoms with Crippen LogP contribution in [0.3, 0.4) is 0 Å². The summed E-state index contributed by atoms with van der Waals surface area (Å²) >= 11 is 0. The number of rotatable bonds is 25. The molecule has 0 atom stereocenters. The van der Waals surface area contributed by atoms with E-state index in [1.54, 1.807) is 24.3 Å². The number of carbonyl (C=O) groups is 2. The van der Waals surface area contributed by atoms with Crippen LogP contribution in [-0.2, 0) is 12.8 Å². The molecule has 0 heterocycles. The molecule has 0 N–H and O–H groups in total. The lowest BCUT2D eigenvalue weighted by molar-refractivity contribution is -0.385. The number of carbonyl (C=O) groups excluding carboxylic acids is 2.